The van der Waals surface area contributed by atoms with E-state index in [2.05, 4.69) is 24.6 Å². The van der Waals surface area contributed by atoms with Crippen LogP contribution < -0.4 is 9.54 Å². The van der Waals surface area contributed by atoms with Gasteiger partial charge in [0.2, 0.25) is 0 Å². The minimum atomic E-state index is -0.282. The van der Waals surface area contributed by atoms with Gasteiger partial charge in [-0.2, -0.15) is 4.99 Å². The fraction of sp³-hybridized carbons (Fsp3) is 0.158. The summed E-state index contributed by atoms with van der Waals surface area (Å²) in [5.74, 6) is 0.359. The third-order valence-corrected chi connectivity index (χ3v) is 4.77. The van der Waals surface area contributed by atoms with Crippen molar-refractivity contribution in [3.63, 3.8) is 0 Å². The van der Waals surface area contributed by atoms with Gasteiger partial charge in [-0.1, -0.05) is 35.6 Å². The molecule has 0 N–H and O–H groups in total. The molecule has 4 nitrogen and oxygen atoms in total. The first-order valence-electron chi connectivity index (χ1n) is 7.57. The van der Waals surface area contributed by atoms with Crippen molar-refractivity contribution in [2.45, 2.75) is 13.5 Å². The van der Waals surface area contributed by atoms with E-state index in [0.717, 1.165) is 15.8 Å². The van der Waals surface area contributed by atoms with Crippen LogP contribution in [0.25, 0.3) is 10.2 Å². The van der Waals surface area contributed by atoms with Crippen LogP contribution >= 0.6 is 11.3 Å². The van der Waals surface area contributed by atoms with Crippen LogP contribution in [0.15, 0.2) is 60.1 Å². The minimum Gasteiger partial charge on any atom is -0.497 e. The maximum absolute atomic E-state index is 12.5. The van der Waals surface area contributed by atoms with E-state index >= 15 is 0 Å². The third-order valence-electron chi connectivity index (χ3n) is 3.73. The van der Waals surface area contributed by atoms with Crippen molar-refractivity contribution in [3.05, 3.63) is 71.0 Å². The number of benzene rings is 2. The van der Waals surface area contributed by atoms with E-state index in [4.69, 9.17) is 4.74 Å². The maximum Gasteiger partial charge on any atom is 0.279 e. The van der Waals surface area contributed by atoms with Crippen molar-refractivity contribution in [1.82, 2.24) is 4.57 Å². The van der Waals surface area contributed by atoms with Crippen molar-refractivity contribution in [2.75, 3.05) is 7.11 Å². The van der Waals surface area contributed by atoms with E-state index in [9.17, 15) is 4.79 Å². The van der Waals surface area contributed by atoms with Crippen LogP contribution in [0.4, 0.5) is 0 Å². The molecule has 1 amide bonds. The van der Waals surface area contributed by atoms with Crippen molar-refractivity contribution < 1.29 is 9.53 Å². The van der Waals surface area contributed by atoms with E-state index in [1.54, 1.807) is 31.4 Å². The number of para-hydroxylation sites is 1. The number of aryl methyl sites for hydroxylation is 1. The minimum absolute atomic E-state index is 0.282. The Morgan fingerprint density at radius 1 is 1.33 bits per heavy atom. The molecule has 1 heterocycles. The Balaban J connectivity index is 2.15. The van der Waals surface area contributed by atoms with Gasteiger partial charge in [0.1, 0.15) is 5.75 Å². The molecule has 0 atom stereocenters. The summed E-state index contributed by atoms with van der Waals surface area (Å²) in [6.45, 7) is 6.48. The molecule has 122 valence electrons. The maximum atomic E-state index is 12.5. The summed E-state index contributed by atoms with van der Waals surface area (Å²) in [5, 5.41) is 0. The van der Waals surface area contributed by atoms with Gasteiger partial charge in [0, 0.05) is 12.1 Å². The van der Waals surface area contributed by atoms with Crippen LogP contribution in [0.3, 0.4) is 0 Å². The van der Waals surface area contributed by atoms with Crippen molar-refractivity contribution in [1.29, 1.82) is 0 Å². The first kappa shape index (κ1) is 16.2. The summed E-state index contributed by atoms with van der Waals surface area (Å²) in [7, 11) is 1.58. The normalized spacial score (nSPS) is 11.7. The van der Waals surface area contributed by atoms with E-state index in [-0.39, 0.29) is 5.91 Å². The molecule has 0 saturated carbocycles. The molecule has 0 aliphatic carbocycles. The highest BCUT2D eigenvalue weighted by Gasteiger charge is 2.10. The Morgan fingerprint density at radius 2 is 2.12 bits per heavy atom. The average molecular weight is 338 g/mol. The lowest BCUT2D eigenvalue weighted by Crippen LogP contribution is -2.16. The van der Waals surface area contributed by atoms with Crippen LogP contribution in [-0.2, 0) is 6.54 Å². The zero-order valence-electron chi connectivity index (χ0n) is 13.7. The van der Waals surface area contributed by atoms with Gasteiger partial charge in [-0.25, -0.2) is 0 Å². The van der Waals surface area contributed by atoms with E-state index in [1.807, 2.05) is 22.8 Å². The summed E-state index contributed by atoms with van der Waals surface area (Å²) in [4.78, 5) is 17.6. The SMILES string of the molecule is C=CCn1c(=NC(=O)c2cccc(OC)c2)sc2cccc(C)c21. The van der Waals surface area contributed by atoms with Crippen molar-refractivity contribution >= 4 is 27.5 Å². The molecule has 3 rings (SSSR count). The number of allylic oxidation sites excluding steroid dienone is 1. The Labute approximate surface area is 144 Å². The van der Waals surface area contributed by atoms with Gasteiger partial charge < -0.3 is 9.30 Å². The molecular weight excluding hydrogens is 320 g/mol. The Kier molecular flexibility index (Phi) is 4.62. The number of ether oxygens (including phenoxy) is 1. The third kappa shape index (κ3) is 3.03. The molecule has 1 aromatic heterocycles. The zero-order chi connectivity index (χ0) is 17.1. The second-order valence-electron chi connectivity index (χ2n) is 5.35. The summed E-state index contributed by atoms with van der Waals surface area (Å²) >= 11 is 1.51. The molecule has 5 heteroatoms. The molecule has 0 bridgehead atoms. The monoisotopic (exact) mass is 338 g/mol. The number of carbonyl (C=O) groups is 1. The second-order valence-corrected chi connectivity index (χ2v) is 6.36. The van der Waals surface area contributed by atoms with Gasteiger partial charge >= 0.3 is 0 Å². The summed E-state index contributed by atoms with van der Waals surface area (Å²) in [6.07, 6.45) is 1.81. The molecule has 0 aliphatic heterocycles. The predicted molar refractivity (Wildman–Crippen MR) is 97.6 cm³/mol. The van der Waals surface area contributed by atoms with E-state index < -0.39 is 0 Å². The smallest absolute Gasteiger partial charge is 0.279 e. The number of hydrogen-bond donors (Lipinski definition) is 0. The van der Waals surface area contributed by atoms with Crippen LogP contribution in [-0.4, -0.2) is 17.6 Å². The highest BCUT2D eigenvalue weighted by atomic mass is 32.1. The second kappa shape index (κ2) is 6.84. The molecule has 0 unspecified atom stereocenters. The molecule has 0 fully saturated rings. The average Bonchev–Trinajstić information content (AvgIpc) is 2.94. The molecule has 3 aromatic rings. The highest BCUT2D eigenvalue weighted by molar-refractivity contribution is 7.16. The number of hydrogen-bond acceptors (Lipinski definition) is 3. The van der Waals surface area contributed by atoms with Gasteiger partial charge in [-0.3, -0.25) is 4.79 Å². The van der Waals surface area contributed by atoms with Crippen molar-refractivity contribution in [3.8, 4) is 5.75 Å². The topological polar surface area (TPSA) is 43.6 Å². The highest BCUT2D eigenvalue weighted by Crippen LogP contribution is 2.21. The number of rotatable bonds is 4. The van der Waals surface area contributed by atoms with Gasteiger partial charge in [0.15, 0.2) is 4.80 Å². The van der Waals surface area contributed by atoms with Gasteiger partial charge in [-0.15, -0.1) is 6.58 Å². The molecule has 0 spiro atoms. The van der Waals surface area contributed by atoms with Crippen LogP contribution in [0.5, 0.6) is 5.75 Å². The van der Waals surface area contributed by atoms with Crippen LogP contribution in [0.2, 0.25) is 0 Å². The lowest BCUT2D eigenvalue weighted by atomic mass is 10.2. The molecule has 2 aromatic carbocycles. The van der Waals surface area contributed by atoms with Crippen LogP contribution in [0.1, 0.15) is 15.9 Å². The zero-order valence-corrected chi connectivity index (χ0v) is 14.5. The Morgan fingerprint density at radius 3 is 2.88 bits per heavy atom. The molecule has 0 radical (unpaired) electrons. The van der Waals surface area contributed by atoms with Gasteiger partial charge in [-0.05, 0) is 36.8 Å². The van der Waals surface area contributed by atoms with Crippen molar-refractivity contribution in [2.24, 2.45) is 4.99 Å². The molecule has 24 heavy (non-hydrogen) atoms. The number of nitrogens with zero attached hydrogens (tertiary/aromatic N) is 2. The number of fused-ring (bicyclic) bond motifs is 1. The molecular formula is C19H18N2O2S. The molecule has 0 saturated heterocycles. The van der Waals surface area contributed by atoms with Gasteiger partial charge in [0.05, 0.1) is 17.3 Å². The standard InChI is InChI=1S/C19H18N2O2S/c1-4-11-21-17-13(2)7-5-10-16(17)24-19(21)20-18(22)14-8-6-9-15(12-14)23-3/h4-10,12H,1,11H2,2-3H3. The van der Waals surface area contributed by atoms with E-state index in [1.165, 1.54) is 11.3 Å². The van der Waals surface area contributed by atoms with E-state index in [0.29, 0.717) is 22.7 Å². The Bertz CT molecular complexity index is 982. The quantitative estimate of drug-likeness (QED) is 0.676. The number of amides is 1. The molecule has 0 aliphatic rings. The van der Waals surface area contributed by atoms with Crippen LogP contribution in [0, 0.1) is 6.92 Å². The lowest BCUT2D eigenvalue weighted by molar-refractivity contribution is 0.0997. The summed E-state index contributed by atoms with van der Waals surface area (Å²) in [5.41, 5.74) is 2.76. The first-order chi connectivity index (χ1) is 11.6. The lowest BCUT2D eigenvalue weighted by Gasteiger charge is -2.04. The number of thiazole rings is 1. The number of methoxy groups -OCH3 is 1. The summed E-state index contributed by atoms with van der Waals surface area (Å²) < 4.78 is 8.31. The fourth-order valence-electron chi connectivity index (χ4n) is 2.60. The number of aromatic nitrogens is 1. The largest absolute Gasteiger partial charge is 0.497 e. The number of carbonyl (C=O) groups excluding carboxylic acids is 1. The Hall–Kier alpha value is -2.66. The predicted octanol–water partition coefficient (Wildman–Crippen LogP) is 3.95. The first-order valence-corrected chi connectivity index (χ1v) is 8.38. The fourth-order valence-corrected chi connectivity index (χ4v) is 3.71. The van der Waals surface area contributed by atoms with Gasteiger partial charge in [0.25, 0.3) is 5.91 Å². The summed E-state index contributed by atoms with van der Waals surface area (Å²) in [6, 6.07) is 13.1.